The van der Waals surface area contributed by atoms with Crippen LogP contribution in [0.3, 0.4) is 0 Å². The first kappa shape index (κ1) is 22.6. The van der Waals surface area contributed by atoms with Crippen molar-refractivity contribution in [3.8, 4) is 5.75 Å². The van der Waals surface area contributed by atoms with Gasteiger partial charge >= 0.3 is 0 Å². The Bertz CT molecular complexity index is 1020. The van der Waals surface area contributed by atoms with E-state index in [1.54, 1.807) is 0 Å². The molecule has 1 unspecified atom stereocenters. The molecule has 0 bridgehead atoms. The van der Waals surface area contributed by atoms with Crippen molar-refractivity contribution in [2.75, 3.05) is 6.61 Å². The van der Waals surface area contributed by atoms with E-state index in [1.165, 1.54) is 22.3 Å². The number of hydrogen-bond donors (Lipinski definition) is 1. The largest absolute Gasteiger partial charge is 0.549 e. The summed E-state index contributed by atoms with van der Waals surface area (Å²) in [4.78, 5) is 0. The summed E-state index contributed by atoms with van der Waals surface area (Å²) < 4.78 is 6.58. The van der Waals surface area contributed by atoms with Gasteiger partial charge in [0, 0.05) is 11.3 Å². The number of allylic oxidation sites excluding steroid dienone is 1. The molecule has 0 aromatic heterocycles. The molecule has 0 heterocycles. The molecule has 0 radical (unpaired) electrons. The fourth-order valence-electron chi connectivity index (χ4n) is 5.15. The number of hydrogen-bond acceptors (Lipinski definition) is 2. The van der Waals surface area contributed by atoms with Gasteiger partial charge in [-0.3, -0.25) is 0 Å². The fourth-order valence-corrected chi connectivity index (χ4v) is 6.50. The Labute approximate surface area is 194 Å². The number of rotatable bonds is 8. The molecule has 1 N–H and O–H groups in total. The lowest BCUT2D eigenvalue weighted by atomic mass is 9.82. The van der Waals surface area contributed by atoms with Crippen molar-refractivity contribution < 1.29 is 9.53 Å². The normalized spacial score (nSPS) is 18.7. The fraction of sp³-hybridized carbons (Fsp3) is 0.310. The molecular formula is C29H34O2Si. The summed E-state index contributed by atoms with van der Waals surface area (Å²) in [6.07, 6.45) is 6.18. The first-order chi connectivity index (χ1) is 15.4. The quantitative estimate of drug-likeness (QED) is 0.346. The van der Waals surface area contributed by atoms with Crippen molar-refractivity contribution in [2.24, 2.45) is 0 Å². The molecular weight excluding hydrogens is 408 g/mol. The Morgan fingerprint density at radius 2 is 1.62 bits per heavy atom. The Morgan fingerprint density at radius 1 is 1.00 bits per heavy atom. The van der Waals surface area contributed by atoms with E-state index in [9.17, 15) is 5.11 Å². The first-order valence-electron chi connectivity index (χ1n) is 11.6. The lowest BCUT2D eigenvalue weighted by Crippen LogP contribution is -2.27. The van der Waals surface area contributed by atoms with Crippen molar-refractivity contribution in [1.29, 1.82) is 0 Å². The van der Waals surface area contributed by atoms with Crippen LogP contribution >= 0.6 is 0 Å². The van der Waals surface area contributed by atoms with Crippen LogP contribution < -0.4 is 4.43 Å². The van der Waals surface area contributed by atoms with Gasteiger partial charge in [-0.15, -0.1) is 0 Å². The molecule has 4 rings (SSSR count). The lowest BCUT2D eigenvalue weighted by Gasteiger charge is -2.35. The van der Waals surface area contributed by atoms with Crippen molar-refractivity contribution in [3.05, 3.63) is 113 Å². The van der Waals surface area contributed by atoms with Crippen molar-refractivity contribution in [1.82, 2.24) is 0 Å². The highest BCUT2D eigenvalue weighted by Gasteiger charge is 2.35. The zero-order valence-corrected chi connectivity index (χ0v) is 20.8. The van der Waals surface area contributed by atoms with E-state index in [0.717, 1.165) is 18.6 Å². The number of aliphatic hydroxyl groups is 1. The number of aliphatic hydroxyl groups excluding tert-OH is 1. The smallest absolute Gasteiger partial charge is 0.226 e. The average molecular weight is 443 g/mol. The molecule has 0 saturated carbocycles. The number of fused-ring (bicyclic) bond motifs is 1. The van der Waals surface area contributed by atoms with Crippen LogP contribution in [0.25, 0.3) is 0 Å². The van der Waals surface area contributed by atoms with Crippen LogP contribution in [0.1, 0.15) is 55.4 Å². The molecule has 2 nitrogen and oxygen atoms in total. The van der Waals surface area contributed by atoms with Crippen molar-refractivity contribution in [3.63, 3.8) is 0 Å². The van der Waals surface area contributed by atoms with E-state index in [1.807, 2.05) is 6.08 Å². The Kier molecular flexibility index (Phi) is 6.68. The molecule has 166 valence electrons. The van der Waals surface area contributed by atoms with E-state index >= 15 is 0 Å². The third kappa shape index (κ3) is 4.74. The van der Waals surface area contributed by atoms with Gasteiger partial charge in [0.15, 0.2) is 0 Å². The minimum absolute atomic E-state index is 0.0227. The topological polar surface area (TPSA) is 29.5 Å². The third-order valence-corrected chi connectivity index (χ3v) is 8.49. The van der Waals surface area contributed by atoms with Crippen LogP contribution in [-0.4, -0.2) is 21.5 Å². The molecule has 1 aliphatic rings. The van der Waals surface area contributed by atoms with Gasteiger partial charge in [0.2, 0.25) is 9.76 Å². The highest BCUT2D eigenvalue weighted by molar-refractivity contribution is 6.33. The van der Waals surface area contributed by atoms with Crippen LogP contribution in [0.15, 0.2) is 91.0 Å². The van der Waals surface area contributed by atoms with Crippen molar-refractivity contribution >= 4 is 9.76 Å². The van der Waals surface area contributed by atoms with Gasteiger partial charge in [-0.1, -0.05) is 99.7 Å². The van der Waals surface area contributed by atoms with Crippen LogP contribution in [-0.2, 0) is 11.8 Å². The predicted molar refractivity (Wildman–Crippen MR) is 136 cm³/mol. The maximum Gasteiger partial charge on any atom is 0.226 e. The molecule has 0 amide bonds. The summed E-state index contributed by atoms with van der Waals surface area (Å²) in [6, 6.07) is 28.3. The minimum Gasteiger partial charge on any atom is -0.549 e. The van der Waals surface area contributed by atoms with E-state index in [2.05, 4.69) is 106 Å². The highest BCUT2D eigenvalue weighted by atomic mass is 28.2. The lowest BCUT2D eigenvalue weighted by molar-refractivity contribution is 0.341. The molecule has 3 aromatic carbocycles. The summed E-state index contributed by atoms with van der Waals surface area (Å²) in [5.41, 5.74) is 5.40. The number of aryl methyl sites for hydroxylation is 1. The molecule has 32 heavy (non-hydrogen) atoms. The van der Waals surface area contributed by atoms with E-state index < -0.39 is 9.76 Å². The molecule has 1 aliphatic carbocycles. The van der Waals surface area contributed by atoms with Crippen LogP contribution in [0.2, 0.25) is 5.04 Å². The molecule has 3 heteroatoms. The molecule has 3 aromatic rings. The van der Waals surface area contributed by atoms with Crippen LogP contribution in [0, 0.1) is 0 Å². The zero-order valence-electron chi connectivity index (χ0n) is 19.4. The Balaban J connectivity index is 1.58. The summed E-state index contributed by atoms with van der Waals surface area (Å²) in [5.74, 6) is 1.28. The maximum atomic E-state index is 9.25. The molecule has 0 saturated heterocycles. The van der Waals surface area contributed by atoms with Gasteiger partial charge in [0.1, 0.15) is 5.75 Å². The molecule has 1 atom stereocenters. The van der Waals surface area contributed by atoms with Crippen LogP contribution in [0.5, 0.6) is 5.75 Å². The first-order valence-corrected chi connectivity index (χ1v) is 12.9. The monoisotopic (exact) mass is 442 g/mol. The van der Waals surface area contributed by atoms with Gasteiger partial charge in [-0.05, 0) is 52.3 Å². The van der Waals surface area contributed by atoms with E-state index in [4.69, 9.17) is 4.43 Å². The van der Waals surface area contributed by atoms with Crippen LogP contribution in [0.4, 0.5) is 0 Å². The second-order valence-corrected chi connectivity index (χ2v) is 12.3. The van der Waals surface area contributed by atoms with Gasteiger partial charge in [-0.2, -0.15) is 0 Å². The second-order valence-electron chi connectivity index (χ2n) is 9.85. The minimum atomic E-state index is -0.920. The number of benzene rings is 3. The van der Waals surface area contributed by atoms with Gasteiger partial charge in [0.25, 0.3) is 0 Å². The molecule has 0 aliphatic heterocycles. The molecule has 0 spiro atoms. The van der Waals surface area contributed by atoms with E-state index in [-0.39, 0.29) is 17.1 Å². The van der Waals surface area contributed by atoms with Gasteiger partial charge in [-0.25, -0.2) is 0 Å². The van der Waals surface area contributed by atoms with E-state index in [0.29, 0.717) is 5.92 Å². The second kappa shape index (κ2) is 9.48. The predicted octanol–water partition coefficient (Wildman–Crippen LogP) is 5.93. The standard InChI is InChI=1S/C29H34O2Si/c1-28(2,27(23-11-6-4-7-12-23)24-13-8-5-9-14-24)32-31-25-16-15-22-17-19-29(3,18-10-20-30)26(22)21-25/h4-16,18,21,27,30H,17,19-20,32H2,1-3H3/b18-10+. The summed E-state index contributed by atoms with van der Waals surface area (Å²) >= 11 is 0. The molecule has 0 fully saturated rings. The summed E-state index contributed by atoms with van der Waals surface area (Å²) in [7, 11) is -0.920. The summed E-state index contributed by atoms with van der Waals surface area (Å²) in [5, 5.41) is 9.28. The highest BCUT2D eigenvalue weighted by Crippen LogP contribution is 2.46. The van der Waals surface area contributed by atoms with Crippen molar-refractivity contribution in [2.45, 2.75) is 50.0 Å². The third-order valence-electron chi connectivity index (χ3n) is 6.86. The van der Waals surface area contributed by atoms with Gasteiger partial charge < -0.3 is 9.53 Å². The average Bonchev–Trinajstić information content (AvgIpc) is 3.14. The summed E-state index contributed by atoms with van der Waals surface area (Å²) in [6.45, 7) is 7.05. The van der Waals surface area contributed by atoms with Gasteiger partial charge in [0.05, 0.1) is 6.61 Å². The SMILES string of the molecule is CC1(/C=C/CO)CCc2ccc(O[SiH2]C(C)(C)C(c3ccccc3)c3ccccc3)cc21. The Hall–Kier alpha value is -2.62. The maximum absolute atomic E-state index is 9.25. The zero-order chi connectivity index (χ0) is 22.6. The Morgan fingerprint density at radius 3 is 2.22 bits per heavy atom.